The van der Waals surface area contributed by atoms with Gasteiger partial charge in [0.05, 0.1) is 16.7 Å². The standard InChI is InChI=1S/C57H38N4/c1-7-19-39(20-8-1)45-31-33-48-49-34-32-46(40-21-9-2-10-22-40)38-53(49)61(52(48)37-45)54-50(41-23-11-3-12-24-41)35-47(36-51(54)42-25-13-4-14-26-42)57-59-55(43-27-15-5-16-28-43)58-56(60-57)44-29-17-6-18-30-44/h1-38H. The highest BCUT2D eigenvalue weighted by Gasteiger charge is 2.24. The van der Waals surface area contributed by atoms with Crippen molar-refractivity contribution in [2.45, 2.75) is 0 Å². The monoisotopic (exact) mass is 778 g/mol. The SMILES string of the molecule is c1ccc(-c2ccc3c4ccc(-c5ccccc5)cc4n(-c4c(-c5ccccc5)cc(-c5nc(-c6ccccc6)nc(-c6ccccc6)n5)cc4-c4ccccc4)c3c2)cc1. The summed E-state index contributed by atoms with van der Waals surface area (Å²) >= 11 is 0. The molecule has 4 heteroatoms. The van der Waals surface area contributed by atoms with Crippen molar-refractivity contribution in [2.75, 3.05) is 0 Å². The molecule has 0 N–H and O–H groups in total. The van der Waals surface area contributed by atoms with Crippen LogP contribution >= 0.6 is 0 Å². The second-order valence-electron chi connectivity index (χ2n) is 15.2. The number of hydrogen-bond acceptors (Lipinski definition) is 3. The zero-order valence-corrected chi connectivity index (χ0v) is 33.2. The highest BCUT2D eigenvalue weighted by molar-refractivity contribution is 6.12. The van der Waals surface area contributed by atoms with Crippen LogP contribution in [-0.2, 0) is 0 Å². The van der Waals surface area contributed by atoms with Gasteiger partial charge >= 0.3 is 0 Å². The summed E-state index contributed by atoms with van der Waals surface area (Å²) < 4.78 is 2.50. The van der Waals surface area contributed by atoms with Crippen LogP contribution in [0.5, 0.6) is 0 Å². The van der Waals surface area contributed by atoms with Crippen molar-refractivity contribution in [1.29, 1.82) is 0 Å². The van der Waals surface area contributed by atoms with E-state index in [-0.39, 0.29) is 0 Å². The lowest BCUT2D eigenvalue weighted by molar-refractivity contribution is 1.07. The molecular formula is C57H38N4. The van der Waals surface area contributed by atoms with Gasteiger partial charge in [0.2, 0.25) is 0 Å². The Kier molecular flexibility index (Phi) is 9.14. The summed E-state index contributed by atoms with van der Waals surface area (Å²) in [6.45, 7) is 0. The van der Waals surface area contributed by atoms with E-state index in [1.54, 1.807) is 0 Å². The largest absolute Gasteiger partial charge is 0.308 e. The molecule has 0 radical (unpaired) electrons. The molecule has 61 heavy (non-hydrogen) atoms. The average molecular weight is 779 g/mol. The van der Waals surface area contributed by atoms with Crippen LogP contribution in [0.3, 0.4) is 0 Å². The van der Waals surface area contributed by atoms with Crippen molar-refractivity contribution in [3.8, 4) is 84.4 Å². The predicted molar refractivity (Wildman–Crippen MR) is 252 cm³/mol. The molecule has 4 nitrogen and oxygen atoms in total. The minimum atomic E-state index is 0.605. The lowest BCUT2D eigenvalue weighted by Gasteiger charge is -2.21. The molecule has 0 aliphatic carbocycles. The Morgan fingerprint density at radius 3 is 0.918 bits per heavy atom. The predicted octanol–water partition coefficient (Wildman–Crippen LogP) is 14.6. The van der Waals surface area contributed by atoms with E-state index >= 15 is 0 Å². The van der Waals surface area contributed by atoms with Gasteiger partial charge in [-0.25, -0.2) is 15.0 Å². The maximum absolute atomic E-state index is 5.22. The van der Waals surface area contributed by atoms with Gasteiger partial charge in [0.25, 0.3) is 0 Å². The summed E-state index contributed by atoms with van der Waals surface area (Å²) in [7, 11) is 0. The van der Waals surface area contributed by atoms with E-state index in [0.717, 1.165) is 66.8 Å². The Bertz CT molecular complexity index is 3100. The van der Waals surface area contributed by atoms with E-state index in [9.17, 15) is 0 Å². The van der Waals surface area contributed by atoms with E-state index < -0.39 is 0 Å². The molecule has 2 heterocycles. The Morgan fingerprint density at radius 1 is 0.246 bits per heavy atom. The minimum absolute atomic E-state index is 0.605. The summed E-state index contributed by atoms with van der Waals surface area (Å²) in [5, 5.41) is 2.38. The maximum Gasteiger partial charge on any atom is 0.164 e. The zero-order chi connectivity index (χ0) is 40.5. The molecule has 11 aromatic rings. The maximum atomic E-state index is 5.22. The number of aromatic nitrogens is 4. The molecule has 11 rings (SSSR count). The number of fused-ring (bicyclic) bond motifs is 3. The first-order valence-corrected chi connectivity index (χ1v) is 20.6. The second kappa shape index (κ2) is 15.5. The molecule has 9 aromatic carbocycles. The molecule has 2 aromatic heterocycles. The van der Waals surface area contributed by atoms with Gasteiger partial charge in [-0.05, 0) is 57.6 Å². The van der Waals surface area contributed by atoms with E-state index in [0.29, 0.717) is 17.5 Å². The van der Waals surface area contributed by atoms with Crippen LogP contribution in [0.2, 0.25) is 0 Å². The molecule has 0 saturated heterocycles. The molecule has 0 aliphatic heterocycles. The highest BCUT2D eigenvalue weighted by Crippen LogP contribution is 2.45. The normalized spacial score (nSPS) is 11.3. The number of rotatable bonds is 8. The van der Waals surface area contributed by atoms with Crippen molar-refractivity contribution in [2.24, 2.45) is 0 Å². The summed E-state index contributed by atoms with van der Waals surface area (Å²) in [6.07, 6.45) is 0. The number of hydrogen-bond donors (Lipinski definition) is 0. The lowest BCUT2D eigenvalue weighted by Crippen LogP contribution is -2.04. The lowest BCUT2D eigenvalue weighted by atomic mass is 9.92. The molecule has 0 bridgehead atoms. The van der Waals surface area contributed by atoms with Crippen molar-refractivity contribution in [3.63, 3.8) is 0 Å². The van der Waals surface area contributed by atoms with Gasteiger partial charge in [-0.3, -0.25) is 0 Å². The Morgan fingerprint density at radius 2 is 0.557 bits per heavy atom. The molecule has 286 valence electrons. The third kappa shape index (κ3) is 6.76. The van der Waals surface area contributed by atoms with Crippen LogP contribution in [0.1, 0.15) is 0 Å². The third-order valence-corrected chi connectivity index (χ3v) is 11.4. The third-order valence-electron chi connectivity index (χ3n) is 11.4. The zero-order valence-electron chi connectivity index (χ0n) is 33.2. The molecule has 0 atom stereocenters. The van der Waals surface area contributed by atoms with Crippen LogP contribution in [0.15, 0.2) is 231 Å². The topological polar surface area (TPSA) is 43.6 Å². The number of nitrogens with zero attached hydrogens (tertiary/aromatic N) is 4. The van der Waals surface area contributed by atoms with Gasteiger partial charge < -0.3 is 4.57 Å². The summed E-state index contributed by atoms with van der Waals surface area (Å²) in [5.41, 5.74) is 15.1. The molecule has 0 spiro atoms. The molecule has 0 unspecified atom stereocenters. The van der Waals surface area contributed by atoms with Gasteiger partial charge in [0.1, 0.15) is 0 Å². The summed E-state index contributed by atoms with van der Waals surface area (Å²) in [6, 6.07) is 81.4. The van der Waals surface area contributed by atoms with Crippen LogP contribution < -0.4 is 0 Å². The molecular weight excluding hydrogens is 741 g/mol. The fourth-order valence-corrected chi connectivity index (χ4v) is 8.50. The van der Waals surface area contributed by atoms with E-state index in [4.69, 9.17) is 15.0 Å². The van der Waals surface area contributed by atoms with Gasteiger partial charge in [-0.2, -0.15) is 0 Å². The highest BCUT2D eigenvalue weighted by atomic mass is 15.0. The van der Waals surface area contributed by atoms with E-state index in [1.165, 1.54) is 21.9 Å². The average Bonchev–Trinajstić information content (AvgIpc) is 3.67. The minimum Gasteiger partial charge on any atom is -0.308 e. The Hall–Kier alpha value is -8.21. The van der Waals surface area contributed by atoms with Crippen LogP contribution in [0, 0.1) is 0 Å². The Labute approximate surface area is 354 Å². The molecule has 0 fully saturated rings. The fourth-order valence-electron chi connectivity index (χ4n) is 8.50. The second-order valence-corrected chi connectivity index (χ2v) is 15.2. The number of benzene rings is 9. The fraction of sp³-hybridized carbons (Fsp3) is 0. The molecule has 0 saturated carbocycles. The first-order chi connectivity index (χ1) is 30.2. The summed E-state index contributed by atoms with van der Waals surface area (Å²) in [4.78, 5) is 15.5. The van der Waals surface area contributed by atoms with Crippen molar-refractivity contribution in [3.05, 3.63) is 231 Å². The van der Waals surface area contributed by atoms with E-state index in [2.05, 4.69) is 199 Å². The first kappa shape index (κ1) is 35.9. The van der Waals surface area contributed by atoms with E-state index in [1.807, 2.05) is 36.4 Å². The van der Waals surface area contributed by atoms with Crippen molar-refractivity contribution < 1.29 is 0 Å². The molecule has 0 aliphatic rings. The summed E-state index contributed by atoms with van der Waals surface area (Å²) in [5.74, 6) is 1.86. The van der Waals surface area contributed by atoms with Crippen LogP contribution in [0.25, 0.3) is 106 Å². The van der Waals surface area contributed by atoms with Gasteiger partial charge in [-0.1, -0.05) is 206 Å². The quantitative estimate of drug-likeness (QED) is 0.154. The van der Waals surface area contributed by atoms with Gasteiger partial charge in [-0.15, -0.1) is 0 Å². The van der Waals surface area contributed by atoms with Gasteiger partial charge in [0, 0.05) is 38.6 Å². The van der Waals surface area contributed by atoms with Crippen molar-refractivity contribution >= 4 is 21.8 Å². The smallest absolute Gasteiger partial charge is 0.164 e. The van der Waals surface area contributed by atoms with Crippen molar-refractivity contribution in [1.82, 2.24) is 19.5 Å². The van der Waals surface area contributed by atoms with Crippen LogP contribution in [0.4, 0.5) is 0 Å². The van der Waals surface area contributed by atoms with Gasteiger partial charge in [0.15, 0.2) is 17.5 Å². The first-order valence-electron chi connectivity index (χ1n) is 20.6. The molecule has 0 amide bonds. The Balaban J connectivity index is 1.26. The van der Waals surface area contributed by atoms with Crippen LogP contribution in [-0.4, -0.2) is 19.5 Å².